The third kappa shape index (κ3) is 3.57. The highest BCUT2D eigenvalue weighted by Crippen LogP contribution is 2.26. The van der Waals surface area contributed by atoms with Gasteiger partial charge in [-0.2, -0.15) is 5.10 Å². The van der Waals surface area contributed by atoms with Crippen LogP contribution >= 0.6 is 15.9 Å². The van der Waals surface area contributed by atoms with E-state index in [4.69, 9.17) is 0 Å². The van der Waals surface area contributed by atoms with Crippen molar-refractivity contribution in [3.63, 3.8) is 0 Å². The zero-order valence-electron chi connectivity index (χ0n) is 11.7. The third-order valence-electron chi connectivity index (χ3n) is 3.36. The summed E-state index contributed by atoms with van der Waals surface area (Å²) in [6, 6.07) is 0. The van der Waals surface area contributed by atoms with Gasteiger partial charge in [-0.15, -0.1) is 0 Å². The van der Waals surface area contributed by atoms with E-state index in [1.54, 1.807) is 6.20 Å². The van der Waals surface area contributed by atoms with Gasteiger partial charge in [-0.3, -0.25) is 4.79 Å². The first-order valence-electron chi connectivity index (χ1n) is 6.26. The van der Waals surface area contributed by atoms with Gasteiger partial charge in [0.1, 0.15) is 4.47 Å². The highest BCUT2D eigenvalue weighted by molar-refractivity contribution is 9.10. The molecule has 0 saturated heterocycles. The molecule has 1 aromatic rings. The molecule has 18 heavy (non-hydrogen) atoms. The van der Waals surface area contributed by atoms with Crippen molar-refractivity contribution >= 4 is 21.6 Å². The Morgan fingerprint density at radius 2 is 2.11 bits per heavy atom. The summed E-state index contributed by atoms with van der Waals surface area (Å²) in [5.74, 6) is 0.498. The predicted octanol–water partition coefficient (Wildman–Crippen LogP) is 3.12. The summed E-state index contributed by atoms with van der Waals surface area (Å²) < 4.78 is 1.99. The standard InChI is InChI=1S/C13H22BrN3O/c1-6-17-12(18)11(14)10(8-16-17)15-7-9(2)13(3,4)5/h8-9,15H,6-7H2,1-5H3. The molecule has 102 valence electrons. The fourth-order valence-corrected chi connectivity index (χ4v) is 1.83. The fourth-order valence-electron chi connectivity index (χ4n) is 1.38. The molecule has 0 radical (unpaired) electrons. The van der Waals surface area contributed by atoms with E-state index < -0.39 is 0 Å². The largest absolute Gasteiger partial charge is 0.382 e. The van der Waals surface area contributed by atoms with Crippen LogP contribution in [0.25, 0.3) is 0 Å². The zero-order chi connectivity index (χ0) is 13.9. The molecule has 1 unspecified atom stereocenters. The van der Waals surface area contributed by atoms with Crippen LogP contribution in [0.15, 0.2) is 15.5 Å². The number of hydrogen-bond acceptors (Lipinski definition) is 3. The van der Waals surface area contributed by atoms with E-state index in [9.17, 15) is 4.79 Å². The normalized spacial score (nSPS) is 13.4. The minimum absolute atomic E-state index is 0.0917. The summed E-state index contributed by atoms with van der Waals surface area (Å²) in [7, 11) is 0. The summed E-state index contributed by atoms with van der Waals surface area (Å²) >= 11 is 3.34. The van der Waals surface area contributed by atoms with Crippen LogP contribution in [0, 0.1) is 11.3 Å². The van der Waals surface area contributed by atoms with E-state index in [1.807, 2.05) is 6.92 Å². The lowest BCUT2D eigenvalue weighted by Gasteiger charge is -2.27. The molecule has 0 fully saturated rings. The van der Waals surface area contributed by atoms with Crippen molar-refractivity contribution < 1.29 is 0 Å². The number of anilines is 1. The van der Waals surface area contributed by atoms with Gasteiger partial charge >= 0.3 is 0 Å². The first kappa shape index (κ1) is 15.2. The minimum atomic E-state index is -0.0917. The second-order valence-electron chi connectivity index (χ2n) is 5.64. The quantitative estimate of drug-likeness (QED) is 0.928. The Morgan fingerprint density at radius 1 is 1.50 bits per heavy atom. The maximum absolute atomic E-state index is 11.9. The highest BCUT2D eigenvalue weighted by atomic mass is 79.9. The van der Waals surface area contributed by atoms with Crippen molar-refractivity contribution in [2.45, 2.75) is 41.2 Å². The molecule has 0 aliphatic heterocycles. The molecule has 0 saturated carbocycles. The van der Waals surface area contributed by atoms with Crippen molar-refractivity contribution in [2.75, 3.05) is 11.9 Å². The predicted molar refractivity (Wildman–Crippen MR) is 79.0 cm³/mol. The molecule has 0 aromatic carbocycles. The molecule has 0 aliphatic rings. The van der Waals surface area contributed by atoms with Gasteiger partial charge in [-0.25, -0.2) is 4.68 Å². The summed E-state index contributed by atoms with van der Waals surface area (Å²) in [6.45, 7) is 12.1. The Hall–Kier alpha value is -0.840. The van der Waals surface area contributed by atoms with Crippen LogP contribution in [-0.2, 0) is 6.54 Å². The average Bonchev–Trinajstić information content (AvgIpc) is 2.29. The molecular formula is C13H22BrN3O. The lowest BCUT2D eigenvalue weighted by molar-refractivity contribution is 0.274. The van der Waals surface area contributed by atoms with Gasteiger partial charge in [0.2, 0.25) is 0 Å². The Bertz CT molecular complexity index is 462. The Kier molecular flexibility index (Phi) is 4.96. The first-order valence-corrected chi connectivity index (χ1v) is 7.06. The topological polar surface area (TPSA) is 46.9 Å². The van der Waals surface area contributed by atoms with Crippen molar-refractivity contribution in [3.05, 3.63) is 21.0 Å². The molecule has 1 rings (SSSR count). The number of hydrogen-bond donors (Lipinski definition) is 1. The summed E-state index contributed by atoms with van der Waals surface area (Å²) in [4.78, 5) is 11.9. The lowest BCUT2D eigenvalue weighted by Crippen LogP contribution is -2.27. The van der Waals surface area contributed by atoms with Crippen molar-refractivity contribution in [1.82, 2.24) is 9.78 Å². The van der Waals surface area contributed by atoms with Crippen LogP contribution in [-0.4, -0.2) is 16.3 Å². The van der Waals surface area contributed by atoms with E-state index >= 15 is 0 Å². The molecule has 1 N–H and O–H groups in total. The van der Waals surface area contributed by atoms with E-state index in [0.29, 0.717) is 16.9 Å². The average molecular weight is 316 g/mol. The Morgan fingerprint density at radius 3 is 2.61 bits per heavy atom. The second kappa shape index (κ2) is 5.87. The molecule has 0 spiro atoms. The number of halogens is 1. The van der Waals surface area contributed by atoms with Gasteiger partial charge in [0.25, 0.3) is 5.56 Å². The highest BCUT2D eigenvalue weighted by Gasteiger charge is 2.20. The second-order valence-corrected chi connectivity index (χ2v) is 6.43. The molecule has 0 aliphatic carbocycles. The monoisotopic (exact) mass is 315 g/mol. The number of nitrogens with zero attached hydrogens (tertiary/aromatic N) is 2. The van der Waals surface area contributed by atoms with Gasteiger partial charge in [-0.05, 0) is 34.2 Å². The van der Waals surface area contributed by atoms with Crippen LogP contribution in [0.3, 0.4) is 0 Å². The summed E-state index contributed by atoms with van der Waals surface area (Å²) in [5, 5.41) is 7.40. The summed E-state index contributed by atoms with van der Waals surface area (Å²) in [6.07, 6.45) is 1.70. The maximum Gasteiger partial charge on any atom is 0.283 e. The lowest BCUT2D eigenvalue weighted by atomic mass is 9.82. The van der Waals surface area contributed by atoms with E-state index in [1.165, 1.54) is 4.68 Å². The minimum Gasteiger partial charge on any atom is -0.382 e. The molecule has 1 atom stereocenters. The van der Waals surface area contributed by atoms with Crippen LogP contribution in [0.5, 0.6) is 0 Å². The van der Waals surface area contributed by atoms with Crippen LogP contribution in [0.2, 0.25) is 0 Å². The molecule has 4 nitrogen and oxygen atoms in total. The smallest absolute Gasteiger partial charge is 0.283 e. The van der Waals surface area contributed by atoms with E-state index in [0.717, 1.165) is 12.2 Å². The number of rotatable bonds is 4. The SMILES string of the molecule is CCn1ncc(NCC(C)C(C)(C)C)c(Br)c1=O. The number of nitrogens with one attached hydrogen (secondary N) is 1. The Labute approximate surface area is 117 Å². The van der Waals surface area contributed by atoms with Gasteiger partial charge < -0.3 is 5.32 Å². The van der Waals surface area contributed by atoms with Gasteiger partial charge in [-0.1, -0.05) is 27.7 Å². The molecule has 0 bridgehead atoms. The van der Waals surface area contributed by atoms with Gasteiger partial charge in [0, 0.05) is 13.1 Å². The number of aromatic nitrogens is 2. The molecule has 1 aromatic heterocycles. The van der Waals surface area contributed by atoms with Crippen LogP contribution in [0.4, 0.5) is 5.69 Å². The van der Waals surface area contributed by atoms with Crippen LogP contribution < -0.4 is 10.9 Å². The third-order valence-corrected chi connectivity index (χ3v) is 4.13. The molecule has 0 amide bonds. The van der Waals surface area contributed by atoms with Crippen molar-refractivity contribution in [1.29, 1.82) is 0 Å². The summed E-state index contributed by atoms with van der Waals surface area (Å²) in [5.41, 5.74) is 0.914. The van der Waals surface area contributed by atoms with E-state index in [-0.39, 0.29) is 11.0 Å². The van der Waals surface area contributed by atoms with Gasteiger partial charge in [0.05, 0.1) is 11.9 Å². The van der Waals surface area contributed by atoms with Crippen molar-refractivity contribution in [2.24, 2.45) is 11.3 Å². The zero-order valence-corrected chi connectivity index (χ0v) is 13.3. The van der Waals surface area contributed by atoms with Gasteiger partial charge in [0.15, 0.2) is 0 Å². The van der Waals surface area contributed by atoms with Crippen LogP contribution in [0.1, 0.15) is 34.6 Å². The van der Waals surface area contributed by atoms with E-state index in [2.05, 4.69) is 54.0 Å². The molecule has 5 heteroatoms. The fraction of sp³-hybridized carbons (Fsp3) is 0.692. The molecule has 1 heterocycles. The number of aryl methyl sites for hydroxylation is 1. The first-order chi connectivity index (χ1) is 8.27. The van der Waals surface area contributed by atoms with Crippen molar-refractivity contribution in [3.8, 4) is 0 Å². The maximum atomic E-state index is 11.9. The Balaban J connectivity index is 2.81. The molecular weight excluding hydrogens is 294 g/mol.